The molecule has 4 heteroatoms. The predicted octanol–water partition coefficient (Wildman–Crippen LogP) is 2.90. The van der Waals surface area contributed by atoms with Gasteiger partial charge in [0, 0.05) is 6.20 Å². The molecule has 88 valence electrons. The molecule has 0 bridgehead atoms. The molecule has 1 unspecified atom stereocenters. The number of aryl methyl sites for hydroxylation is 1. The Labute approximate surface area is 99.2 Å². The van der Waals surface area contributed by atoms with Crippen molar-refractivity contribution >= 4 is 5.97 Å². The van der Waals surface area contributed by atoms with Crippen molar-refractivity contribution in [2.24, 2.45) is 0 Å². The summed E-state index contributed by atoms with van der Waals surface area (Å²) in [6.07, 6.45) is 1.27. The van der Waals surface area contributed by atoms with Gasteiger partial charge in [0.15, 0.2) is 0 Å². The third-order valence-corrected chi connectivity index (χ3v) is 2.33. The van der Waals surface area contributed by atoms with Crippen LogP contribution in [0.15, 0.2) is 40.9 Å². The molecule has 0 spiro atoms. The first-order chi connectivity index (χ1) is 8.16. The fourth-order valence-corrected chi connectivity index (χ4v) is 1.44. The molecule has 17 heavy (non-hydrogen) atoms. The van der Waals surface area contributed by atoms with E-state index < -0.39 is 12.1 Å². The molecule has 4 nitrogen and oxygen atoms in total. The largest absolute Gasteiger partial charge is 0.454 e. The smallest absolute Gasteiger partial charge is 0.374 e. The van der Waals surface area contributed by atoms with Crippen LogP contribution in [0, 0.1) is 6.92 Å². The molecule has 2 aromatic heterocycles. The van der Waals surface area contributed by atoms with Gasteiger partial charge in [-0.3, -0.25) is 4.98 Å². The van der Waals surface area contributed by atoms with Gasteiger partial charge < -0.3 is 9.15 Å². The highest BCUT2D eigenvalue weighted by atomic mass is 16.6. The average Bonchev–Trinajstić information content (AvgIpc) is 2.77. The Morgan fingerprint density at radius 2 is 2.18 bits per heavy atom. The van der Waals surface area contributed by atoms with Gasteiger partial charge in [-0.15, -0.1) is 0 Å². The van der Waals surface area contributed by atoms with Crippen molar-refractivity contribution in [1.29, 1.82) is 0 Å². The van der Waals surface area contributed by atoms with Crippen LogP contribution < -0.4 is 0 Å². The first kappa shape index (κ1) is 11.4. The summed E-state index contributed by atoms with van der Waals surface area (Å²) in [7, 11) is 0. The summed E-state index contributed by atoms with van der Waals surface area (Å²) in [4.78, 5) is 15.8. The standard InChI is InChI=1S/C13H13NO3/c1-9-6-7-12(16-9)13(15)17-10(2)11-5-3-4-8-14-11/h3-8,10H,1-2H3. The fourth-order valence-electron chi connectivity index (χ4n) is 1.44. The first-order valence-electron chi connectivity index (χ1n) is 5.35. The first-order valence-corrected chi connectivity index (χ1v) is 5.35. The summed E-state index contributed by atoms with van der Waals surface area (Å²) in [5, 5.41) is 0. The van der Waals surface area contributed by atoms with Crippen LogP contribution in [0.2, 0.25) is 0 Å². The third-order valence-electron chi connectivity index (χ3n) is 2.33. The minimum Gasteiger partial charge on any atom is -0.454 e. The number of ether oxygens (including phenoxy) is 1. The Kier molecular flexibility index (Phi) is 3.23. The molecule has 2 heterocycles. The average molecular weight is 231 g/mol. The van der Waals surface area contributed by atoms with E-state index in [1.165, 1.54) is 0 Å². The Morgan fingerprint density at radius 3 is 2.76 bits per heavy atom. The van der Waals surface area contributed by atoms with Crippen LogP contribution in [0.25, 0.3) is 0 Å². The number of aromatic nitrogens is 1. The number of furan rings is 1. The van der Waals surface area contributed by atoms with Gasteiger partial charge in [0.2, 0.25) is 5.76 Å². The van der Waals surface area contributed by atoms with Crippen LogP contribution in [-0.4, -0.2) is 11.0 Å². The minimum atomic E-state index is -0.476. The Hall–Kier alpha value is -2.10. The molecule has 2 aromatic rings. The second-order valence-corrected chi connectivity index (χ2v) is 3.71. The van der Waals surface area contributed by atoms with E-state index in [0.717, 1.165) is 0 Å². The molecule has 0 fully saturated rings. The molecule has 1 atom stereocenters. The summed E-state index contributed by atoms with van der Waals surface area (Å²) < 4.78 is 10.4. The molecule has 0 aromatic carbocycles. The predicted molar refractivity (Wildman–Crippen MR) is 61.5 cm³/mol. The lowest BCUT2D eigenvalue weighted by Crippen LogP contribution is -2.09. The highest BCUT2D eigenvalue weighted by Crippen LogP contribution is 2.17. The van der Waals surface area contributed by atoms with Crippen LogP contribution in [0.5, 0.6) is 0 Å². The molecule has 0 aliphatic heterocycles. The lowest BCUT2D eigenvalue weighted by Gasteiger charge is -2.11. The van der Waals surface area contributed by atoms with E-state index in [2.05, 4.69) is 4.98 Å². The second kappa shape index (κ2) is 4.82. The van der Waals surface area contributed by atoms with Crippen LogP contribution in [0.1, 0.15) is 35.0 Å². The zero-order chi connectivity index (χ0) is 12.3. The van der Waals surface area contributed by atoms with Gasteiger partial charge in [-0.2, -0.15) is 0 Å². The molecule has 0 aliphatic rings. The van der Waals surface area contributed by atoms with Gasteiger partial charge in [-0.1, -0.05) is 6.07 Å². The van der Waals surface area contributed by atoms with E-state index in [1.807, 2.05) is 18.2 Å². The monoisotopic (exact) mass is 231 g/mol. The lowest BCUT2D eigenvalue weighted by atomic mass is 10.2. The summed E-state index contributed by atoms with van der Waals surface area (Å²) in [6.45, 7) is 3.55. The fraction of sp³-hybridized carbons (Fsp3) is 0.231. The van der Waals surface area contributed by atoms with E-state index in [1.54, 1.807) is 32.2 Å². The summed E-state index contributed by atoms with van der Waals surface area (Å²) in [5.41, 5.74) is 0.712. The minimum absolute atomic E-state index is 0.213. The van der Waals surface area contributed by atoms with Gasteiger partial charge in [-0.05, 0) is 38.1 Å². The summed E-state index contributed by atoms with van der Waals surface area (Å²) in [5.74, 6) is 0.420. The van der Waals surface area contributed by atoms with Crippen molar-refractivity contribution in [3.8, 4) is 0 Å². The Morgan fingerprint density at radius 1 is 1.35 bits per heavy atom. The topological polar surface area (TPSA) is 52.3 Å². The highest BCUT2D eigenvalue weighted by Gasteiger charge is 2.16. The highest BCUT2D eigenvalue weighted by molar-refractivity contribution is 5.86. The molecule has 0 saturated carbocycles. The van der Waals surface area contributed by atoms with Gasteiger partial charge in [-0.25, -0.2) is 4.79 Å². The summed E-state index contributed by atoms with van der Waals surface area (Å²) in [6, 6.07) is 8.80. The van der Waals surface area contributed by atoms with Crippen molar-refractivity contribution in [1.82, 2.24) is 4.98 Å². The quantitative estimate of drug-likeness (QED) is 0.762. The van der Waals surface area contributed by atoms with Crippen LogP contribution in [0.3, 0.4) is 0 Å². The van der Waals surface area contributed by atoms with E-state index in [-0.39, 0.29) is 5.76 Å². The second-order valence-electron chi connectivity index (χ2n) is 3.71. The molecule has 0 radical (unpaired) electrons. The number of nitrogens with zero attached hydrogens (tertiary/aromatic N) is 1. The number of hydrogen-bond acceptors (Lipinski definition) is 4. The van der Waals surface area contributed by atoms with E-state index in [9.17, 15) is 4.79 Å². The maximum absolute atomic E-state index is 11.7. The van der Waals surface area contributed by atoms with Crippen molar-refractivity contribution in [3.05, 3.63) is 53.7 Å². The third kappa shape index (κ3) is 2.72. The van der Waals surface area contributed by atoms with Crippen LogP contribution in [-0.2, 0) is 4.74 Å². The Balaban J connectivity index is 2.04. The van der Waals surface area contributed by atoms with Crippen molar-refractivity contribution in [2.75, 3.05) is 0 Å². The maximum atomic E-state index is 11.7. The molecule has 2 rings (SSSR count). The lowest BCUT2D eigenvalue weighted by molar-refractivity contribution is 0.0291. The van der Waals surface area contributed by atoms with Crippen LogP contribution in [0.4, 0.5) is 0 Å². The molecular formula is C13H13NO3. The van der Waals surface area contributed by atoms with Crippen molar-refractivity contribution in [2.45, 2.75) is 20.0 Å². The molecule has 0 aliphatic carbocycles. The molecular weight excluding hydrogens is 218 g/mol. The SMILES string of the molecule is Cc1ccc(C(=O)OC(C)c2ccccn2)o1. The van der Waals surface area contributed by atoms with E-state index in [0.29, 0.717) is 11.5 Å². The van der Waals surface area contributed by atoms with Gasteiger partial charge in [0.25, 0.3) is 0 Å². The van der Waals surface area contributed by atoms with Crippen molar-refractivity contribution < 1.29 is 13.9 Å². The summed E-state index contributed by atoms with van der Waals surface area (Å²) >= 11 is 0. The normalized spacial score (nSPS) is 12.1. The number of pyridine rings is 1. The Bertz CT molecular complexity index is 504. The number of carbonyl (C=O) groups is 1. The number of esters is 1. The number of carbonyl (C=O) groups excluding carboxylic acids is 1. The van der Waals surface area contributed by atoms with Crippen molar-refractivity contribution in [3.63, 3.8) is 0 Å². The van der Waals surface area contributed by atoms with Gasteiger partial charge >= 0.3 is 5.97 Å². The zero-order valence-corrected chi connectivity index (χ0v) is 9.71. The molecule has 0 N–H and O–H groups in total. The van der Waals surface area contributed by atoms with E-state index >= 15 is 0 Å². The molecule has 0 amide bonds. The zero-order valence-electron chi connectivity index (χ0n) is 9.71. The van der Waals surface area contributed by atoms with Gasteiger partial charge in [0.1, 0.15) is 11.9 Å². The number of hydrogen-bond donors (Lipinski definition) is 0. The van der Waals surface area contributed by atoms with Crippen LogP contribution >= 0.6 is 0 Å². The molecule has 0 saturated heterocycles. The van der Waals surface area contributed by atoms with E-state index in [4.69, 9.17) is 9.15 Å². The van der Waals surface area contributed by atoms with Gasteiger partial charge in [0.05, 0.1) is 5.69 Å². The number of rotatable bonds is 3. The maximum Gasteiger partial charge on any atom is 0.374 e.